The monoisotopic (exact) mass is 502 g/mol. The molecule has 3 rings (SSSR count). The molecule has 7 nitrogen and oxygen atoms in total. The number of terminal acetylenes is 1. The van der Waals surface area contributed by atoms with Crippen LogP contribution in [0.2, 0.25) is 0 Å². The number of amides is 2. The number of hydrogen-bond donors (Lipinski definition) is 2. The van der Waals surface area contributed by atoms with Gasteiger partial charge in [0.05, 0.1) is 12.1 Å². The van der Waals surface area contributed by atoms with E-state index in [9.17, 15) is 22.8 Å². The molecule has 0 atom stereocenters. The van der Waals surface area contributed by atoms with Gasteiger partial charge in [0, 0.05) is 38.4 Å². The molecule has 2 N–H and O–H groups in total. The van der Waals surface area contributed by atoms with Gasteiger partial charge in [-0.25, -0.2) is 4.79 Å². The maximum Gasteiger partial charge on any atom is 0.416 e. The summed E-state index contributed by atoms with van der Waals surface area (Å²) in [4.78, 5) is 28.2. The Morgan fingerprint density at radius 3 is 2.69 bits per heavy atom. The van der Waals surface area contributed by atoms with Crippen LogP contribution in [0.3, 0.4) is 0 Å². The van der Waals surface area contributed by atoms with Crippen LogP contribution in [0.15, 0.2) is 42.5 Å². The zero-order chi connectivity index (χ0) is 26.1. The van der Waals surface area contributed by atoms with Crippen molar-refractivity contribution in [3.05, 3.63) is 64.7 Å². The van der Waals surface area contributed by atoms with Crippen molar-refractivity contribution < 1.29 is 27.5 Å². The van der Waals surface area contributed by atoms with E-state index in [-0.39, 0.29) is 37.7 Å². The van der Waals surface area contributed by atoms with Gasteiger partial charge in [0.15, 0.2) is 6.61 Å². The minimum absolute atomic E-state index is 0.0448. The third-order valence-corrected chi connectivity index (χ3v) is 5.90. The van der Waals surface area contributed by atoms with Gasteiger partial charge in [-0.3, -0.25) is 4.79 Å². The summed E-state index contributed by atoms with van der Waals surface area (Å²) >= 11 is 0. The fraction of sp³-hybridized carbons (Fsp3) is 0.385. The molecular weight excluding hydrogens is 473 g/mol. The quantitative estimate of drug-likeness (QED) is 0.514. The third-order valence-electron chi connectivity index (χ3n) is 5.90. The molecule has 2 amide bonds. The summed E-state index contributed by atoms with van der Waals surface area (Å²) in [5, 5.41) is 6.08. The van der Waals surface area contributed by atoms with Gasteiger partial charge < -0.3 is 25.2 Å². The van der Waals surface area contributed by atoms with E-state index < -0.39 is 17.8 Å². The summed E-state index contributed by atoms with van der Waals surface area (Å²) in [6.45, 7) is 1.15. The molecule has 1 heterocycles. The Bertz CT molecular complexity index is 1110. The molecule has 0 aromatic heterocycles. The van der Waals surface area contributed by atoms with Crippen LogP contribution in [0.1, 0.15) is 22.3 Å². The first kappa shape index (κ1) is 26.9. The number of nitrogens with zero attached hydrogens (tertiary/aromatic N) is 2. The standard InChI is InChI=1S/C26H29F3N4O3/c1-3-15-36-25(35)33-13-11-21-19(17-33)8-6-10-23(21)31-16-24(34)32(14-12-30-2)18-20-7-4-5-9-22(20)26(27,28)29/h1,4-10,30-31H,11-18H2,2H3. The first-order valence-electron chi connectivity index (χ1n) is 11.5. The molecule has 2 aromatic rings. The van der Waals surface area contributed by atoms with Crippen LogP contribution < -0.4 is 10.6 Å². The molecule has 1 aliphatic rings. The minimum Gasteiger partial charge on any atom is -0.436 e. The molecule has 0 aliphatic carbocycles. The van der Waals surface area contributed by atoms with Crippen LogP contribution in [0.5, 0.6) is 0 Å². The Morgan fingerprint density at radius 1 is 1.19 bits per heavy atom. The summed E-state index contributed by atoms with van der Waals surface area (Å²) in [5.41, 5.74) is 1.95. The van der Waals surface area contributed by atoms with Crippen molar-refractivity contribution in [3.63, 3.8) is 0 Å². The van der Waals surface area contributed by atoms with Crippen LogP contribution >= 0.6 is 0 Å². The third kappa shape index (κ3) is 6.92. The lowest BCUT2D eigenvalue weighted by Gasteiger charge is -2.30. The second-order valence-electron chi connectivity index (χ2n) is 8.30. The molecule has 0 unspecified atom stereocenters. The van der Waals surface area contributed by atoms with Crippen LogP contribution in [0.25, 0.3) is 0 Å². The highest BCUT2D eigenvalue weighted by Gasteiger charge is 2.33. The molecule has 0 spiro atoms. The van der Waals surface area contributed by atoms with E-state index in [1.807, 2.05) is 18.2 Å². The second kappa shape index (κ2) is 12.3. The van der Waals surface area contributed by atoms with Crippen molar-refractivity contribution in [2.24, 2.45) is 0 Å². The minimum atomic E-state index is -4.50. The topological polar surface area (TPSA) is 73.9 Å². The van der Waals surface area contributed by atoms with Crippen molar-refractivity contribution in [1.82, 2.24) is 15.1 Å². The average Bonchev–Trinajstić information content (AvgIpc) is 2.87. The highest BCUT2D eigenvalue weighted by atomic mass is 19.4. The second-order valence-corrected chi connectivity index (χ2v) is 8.30. The first-order chi connectivity index (χ1) is 17.2. The molecule has 0 bridgehead atoms. The zero-order valence-electron chi connectivity index (χ0n) is 20.0. The van der Waals surface area contributed by atoms with Crippen molar-refractivity contribution in [3.8, 4) is 12.3 Å². The smallest absolute Gasteiger partial charge is 0.416 e. The number of halogens is 3. The number of anilines is 1. The number of hydrogen-bond acceptors (Lipinski definition) is 5. The first-order valence-corrected chi connectivity index (χ1v) is 11.5. The molecular formula is C26H29F3N4O3. The summed E-state index contributed by atoms with van der Waals surface area (Å²) in [6, 6.07) is 10.8. The van der Waals surface area contributed by atoms with Crippen molar-refractivity contribution >= 4 is 17.7 Å². The Hall–Kier alpha value is -3.71. The Morgan fingerprint density at radius 2 is 1.97 bits per heavy atom. The van der Waals surface area contributed by atoms with Crippen molar-refractivity contribution in [1.29, 1.82) is 0 Å². The number of fused-ring (bicyclic) bond motifs is 1. The largest absolute Gasteiger partial charge is 0.436 e. The summed E-state index contributed by atoms with van der Waals surface area (Å²) in [6.07, 6.45) is 0.712. The van der Waals surface area contributed by atoms with Crippen molar-refractivity contribution in [2.45, 2.75) is 25.7 Å². The fourth-order valence-corrected chi connectivity index (χ4v) is 4.09. The summed E-state index contributed by atoms with van der Waals surface area (Å²) in [7, 11) is 1.71. The lowest BCUT2D eigenvalue weighted by Crippen LogP contribution is -2.40. The van der Waals surface area contributed by atoms with Crippen LogP contribution in [0, 0.1) is 12.3 Å². The molecule has 36 heavy (non-hydrogen) atoms. The number of likely N-dealkylation sites (N-methyl/N-ethyl adjacent to an activating group) is 1. The van der Waals surface area contributed by atoms with Crippen molar-refractivity contribution in [2.75, 3.05) is 45.2 Å². The number of alkyl halides is 3. The maximum absolute atomic E-state index is 13.5. The molecule has 192 valence electrons. The number of benzene rings is 2. The van der Waals surface area contributed by atoms with Gasteiger partial charge in [0.1, 0.15) is 0 Å². The average molecular weight is 503 g/mol. The Kier molecular flexibility index (Phi) is 9.19. The van der Waals surface area contributed by atoms with Gasteiger partial charge in [-0.1, -0.05) is 36.3 Å². The Balaban J connectivity index is 1.69. The van der Waals surface area contributed by atoms with Gasteiger partial charge in [-0.2, -0.15) is 13.2 Å². The van der Waals surface area contributed by atoms with E-state index in [0.717, 1.165) is 22.9 Å². The van der Waals surface area contributed by atoms with E-state index in [1.165, 1.54) is 23.1 Å². The molecule has 10 heteroatoms. The predicted octanol–water partition coefficient (Wildman–Crippen LogP) is 3.49. The van der Waals surface area contributed by atoms with Gasteiger partial charge in [0.2, 0.25) is 5.91 Å². The highest BCUT2D eigenvalue weighted by molar-refractivity contribution is 5.81. The zero-order valence-corrected chi connectivity index (χ0v) is 20.0. The molecule has 1 aliphatic heterocycles. The lowest BCUT2D eigenvalue weighted by atomic mass is 9.98. The summed E-state index contributed by atoms with van der Waals surface area (Å²) < 4.78 is 45.4. The van der Waals surface area contributed by atoms with Gasteiger partial charge in [-0.15, -0.1) is 6.42 Å². The highest BCUT2D eigenvalue weighted by Crippen LogP contribution is 2.32. The fourth-order valence-electron chi connectivity index (χ4n) is 4.09. The number of carbonyl (C=O) groups is 2. The Labute approximate surface area is 208 Å². The number of ether oxygens (including phenoxy) is 1. The maximum atomic E-state index is 13.5. The molecule has 0 radical (unpaired) electrons. The van der Waals surface area contributed by atoms with Gasteiger partial charge >= 0.3 is 12.3 Å². The number of nitrogens with one attached hydrogen (secondary N) is 2. The molecule has 0 saturated heterocycles. The van der Waals surface area contributed by atoms with Gasteiger partial charge in [-0.05, 0) is 42.3 Å². The van der Waals surface area contributed by atoms with Crippen LogP contribution in [0.4, 0.5) is 23.7 Å². The van der Waals surface area contributed by atoms with Crippen LogP contribution in [-0.2, 0) is 35.2 Å². The number of carbonyl (C=O) groups excluding carboxylic acids is 2. The predicted molar refractivity (Wildman–Crippen MR) is 130 cm³/mol. The van der Waals surface area contributed by atoms with Gasteiger partial charge in [0.25, 0.3) is 0 Å². The SMILES string of the molecule is C#CCOC(=O)N1CCc2c(cccc2NCC(=O)N(CCNC)Cc2ccccc2C(F)(F)F)C1. The molecule has 0 saturated carbocycles. The normalized spacial score (nSPS) is 12.9. The van der Waals surface area contributed by atoms with E-state index in [0.29, 0.717) is 26.1 Å². The molecule has 2 aromatic carbocycles. The van der Waals surface area contributed by atoms with E-state index >= 15 is 0 Å². The molecule has 0 fully saturated rings. The van der Waals surface area contributed by atoms with E-state index in [2.05, 4.69) is 16.6 Å². The van der Waals surface area contributed by atoms with Crippen LogP contribution in [-0.4, -0.2) is 61.6 Å². The summed E-state index contributed by atoms with van der Waals surface area (Å²) in [5.74, 6) is 1.94. The number of rotatable bonds is 9. The van der Waals surface area contributed by atoms with E-state index in [4.69, 9.17) is 11.2 Å². The van der Waals surface area contributed by atoms with E-state index in [1.54, 1.807) is 11.9 Å². The lowest BCUT2D eigenvalue weighted by molar-refractivity contribution is -0.139.